The summed E-state index contributed by atoms with van der Waals surface area (Å²) in [6, 6.07) is 0. The van der Waals surface area contributed by atoms with E-state index >= 15 is 0 Å². The van der Waals surface area contributed by atoms with E-state index in [0.717, 1.165) is 0 Å². The topological polar surface area (TPSA) is 53.5 Å². The van der Waals surface area contributed by atoms with E-state index in [2.05, 4.69) is 11.5 Å². The van der Waals surface area contributed by atoms with Crippen LogP contribution in [0.25, 0.3) is 5.53 Å². The van der Waals surface area contributed by atoms with Crippen molar-refractivity contribution in [2.24, 2.45) is 0 Å². The maximum Gasteiger partial charge on any atom is 0.245 e. The zero-order valence-electron chi connectivity index (χ0n) is 4.51. The normalized spacial score (nSPS) is 4.86. The van der Waals surface area contributed by atoms with Gasteiger partial charge in [-0.15, -0.1) is 0 Å². The lowest BCUT2D eigenvalue weighted by Crippen LogP contribution is -1.69. The number of Topliss-reactive ketones (excluding diaryl/α,β-unsaturated/α-hetero) is 1. The molecule has 0 aliphatic heterocycles. The third-order valence-corrected chi connectivity index (χ3v) is 0. The molecule has 0 spiro atoms. The molecule has 0 aliphatic carbocycles. The Morgan fingerprint density at radius 3 is 1.71 bits per heavy atom. The average molecular weight is 100 g/mol. The van der Waals surface area contributed by atoms with Crippen molar-refractivity contribution in [3.63, 3.8) is 0 Å². The van der Waals surface area contributed by atoms with Gasteiger partial charge in [0.25, 0.3) is 0 Å². The summed E-state index contributed by atoms with van der Waals surface area (Å²) in [4.78, 5) is 11.7. The molecule has 0 aliphatic rings. The molecule has 0 aromatic rings. The highest BCUT2D eigenvalue weighted by Crippen LogP contribution is 1.50. The molecule has 0 aromatic heterocycles. The molecule has 0 N–H and O–H groups in total. The number of rotatable bonds is 0. The molecule has 0 atom stereocenters. The van der Waals surface area contributed by atoms with E-state index in [9.17, 15) is 4.79 Å². The molecule has 3 heteroatoms. The molecule has 0 radical (unpaired) electrons. The predicted molar refractivity (Wildman–Crippen MR) is 27.1 cm³/mol. The van der Waals surface area contributed by atoms with Crippen LogP contribution in [0, 0.1) is 0 Å². The van der Waals surface area contributed by atoms with Gasteiger partial charge in [0, 0.05) is 0 Å². The van der Waals surface area contributed by atoms with Crippen molar-refractivity contribution in [2.75, 3.05) is 0 Å². The first-order valence-electron chi connectivity index (χ1n) is 1.72. The van der Waals surface area contributed by atoms with Crippen LogP contribution in [0.3, 0.4) is 0 Å². The summed E-state index contributed by atoms with van der Waals surface area (Å²) in [5.41, 5.74) is 7.08. The van der Waals surface area contributed by atoms with Crippen LogP contribution in [0.2, 0.25) is 0 Å². The Kier molecular flexibility index (Phi) is 12.0. The van der Waals surface area contributed by atoms with Crippen LogP contribution < -0.4 is 0 Å². The van der Waals surface area contributed by atoms with Gasteiger partial charge in [0.15, 0.2) is 0 Å². The van der Waals surface area contributed by atoms with E-state index in [1.54, 1.807) is 0 Å². The molecule has 0 saturated heterocycles. The van der Waals surface area contributed by atoms with Crippen molar-refractivity contribution in [2.45, 2.75) is 13.8 Å². The van der Waals surface area contributed by atoms with Crippen molar-refractivity contribution >= 4 is 12.5 Å². The van der Waals surface area contributed by atoms with E-state index in [-0.39, 0.29) is 5.78 Å². The number of carbonyl (C=O) groups excluding carboxylic acids is 1. The summed E-state index contributed by atoms with van der Waals surface area (Å²) in [5.74, 6) is 0.167. The maximum absolute atomic E-state index is 9.44. The lowest BCUT2D eigenvalue weighted by molar-refractivity contribution is -0.114. The SMILES string of the molecule is C=[N+]=[N-].CC(C)=O. The van der Waals surface area contributed by atoms with Gasteiger partial charge in [-0.1, -0.05) is 0 Å². The van der Waals surface area contributed by atoms with Crippen LogP contribution in [0.5, 0.6) is 0 Å². The Morgan fingerprint density at radius 2 is 1.71 bits per heavy atom. The second-order valence-corrected chi connectivity index (χ2v) is 1.05. The van der Waals surface area contributed by atoms with Crippen LogP contribution >= 0.6 is 0 Å². The summed E-state index contributed by atoms with van der Waals surface area (Å²) < 4.78 is 0. The van der Waals surface area contributed by atoms with Crippen molar-refractivity contribution in [1.82, 2.24) is 0 Å². The van der Waals surface area contributed by atoms with Gasteiger partial charge in [-0.25, -0.2) is 0 Å². The zero-order valence-corrected chi connectivity index (χ0v) is 4.51. The highest BCUT2D eigenvalue weighted by molar-refractivity contribution is 5.72. The fourth-order valence-corrected chi connectivity index (χ4v) is 0. The summed E-state index contributed by atoms with van der Waals surface area (Å²) in [6.07, 6.45) is 0. The van der Waals surface area contributed by atoms with Crippen LogP contribution in [0.1, 0.15) is 13.8 Å². The minimum absolute atomic E-state index is 0.167. The van der Waals surface area contributed by atoms with Crippen molar-refractivity contribution in [3.05, 3.63) is 5.53 Å². The first kappa shape index (κ1) is 9.41. The quantitative estimate of drug-likeness (QED) is 0.248. The van der Waals surface area contributed by atoms with Gasteiger partial charge in [0.2, 0.25) is 6.72 Å². The number of hydrogen-bond donors (Lipinski definition) is 0. The largest absolute Gasteiger partial charge is 0.362 e. The Labute approximate surface area is 42.6 Å². The van der Waals surface area contributed by atoms with Crippen molar-refractivity contribution in [1.29, 1.82) is 0 Å². The van der Waals surface area contributed by atoms with Gasteiger partial charge in [0.1, 0.15) is 5.78 Å². The molecular weight excluding hydrogens is 92.1 g/mol. The first-order chi connectivity index (χ1) is 3.15. The van der Waals surface area contributed by atoms with Gasteiger partial charge in [-0.05, 0) is 13.8 Å². The van der Waals surface area contributed by atoms with Crippen LogP contribution in [0.15, 0.2) is 0 Å². The molecule has 0 bridgehead atoms. The molecule has 0 fully saturated rings. The summed E-state index contributed by atoms with van der Waals surface area (Å²) in [5, 5.41) is 0. The van der Waals surface area contributed by atoms with Crippen LogP contribution in [0.4, 0.5) is 0 Å². The van der Waals surface area contributed by atoms with E-state index in [1.165, 1.54) is 13.8 Å². The third-order valence-electron chi connectivity index (χ3n) is 0. The maximum atomic E-state index is 9.44. The molecule has 0 amide bonds. The summed E-state index contributed by atoms with van der Waals surface area (Å²) in [7, 11) is 0. The zero-order chi connectivity index (χ0) is 6.28. The molecule has 7 heavy (non-hydrogen) atoms. The average Bonchev–Trinajstić information content (AvgIpc) is 1.33. The van der Waals surface area contributed by atoms with Crippen molar-refractivity contribution in [3.8, 4) is 0 Å². The lowest BCUT2D eigenvalue weighted by Gasteiger charge is -1.56. The van der Waals surface area contributed by atoms with Gasteiger partial charge >= 0.3 is 0 Å². The third kappa shape index (κ3) is 52.1. The molecular formula is C4H8N2O. The van der Waals surface area contributed by atoms with E-state index in [0.29, 0.717) is 0 Å². The minimum Gasteiger partial charge on any atom is -0.362 e. The fourth-order valence-electron chi connectivity index (χ4n) is 0. The smallest absolute Gasteiger partial charge is 0.245 e. The number of ketones is 1. The molecule has 3 nitrogen and oxygen atoms in total. The molecule has 0 saturated carbocycles. The Bertz CT molecular complexity index is 77.7. The summed E-state index contributed by atoms with van der Waals surface area (Å²) in [6.45, 7) is 5.72. The Balaban J connectivity index is 0. The second kappa shape index (κ2) is 8.90. The van der Waals surface area contributed by atoms with E-state index in [4.69, 9.17) is 5.53 Å². The van der Waals surface area contributed by atoms with Crippen LogP contribution in [-0.4, -0.2) is 17.3 Å². The molecule has 0 rings (SSSR count). The number of carbonyl (C=O) groups is 1. The first-order valence-corrected chi connectivity index (χ1v) is 1.72. The van der Waals surface area contributed by atoms with Gasteiger partial charge in [-0.2, -0.15) is 4.79 Å². The van der Waals surface area contributed by atoms with Crippen molar-refractivity contribution < 1.29 is 9.58 Å². The standard InChI is InChI=1S/C3H6O.CH2N2/c1-3(2)4;1-3-2/h1-2H3;1H2. The highest BCUT2D eigenvalue weighted by atomic mass is 16.1. The second-order valence-electron chi connectivity index (χ2n) is 1.05. The Hall–Kier alpha value is -0.950. The van der Waals surface area contributed by atoms with Crippen LogP contribution in [-0.2, 0) is 4.79 Å². The highest BCUT2D eigenvalue weighted by Gasteiger charge is 1.62. The van der Waals surface area contributed by atoms with Gasteiger partial charge in [0.05, 0.1) is 0 Å². The molecule has 0 aromatic carbocycles. The van der Waals surface area contributed by atoms with E-state index < -0.39 is 0 Å². The van der Waals surface area contributed by atoms with Gasteiger partial charge in [-0.3, -0.25) is 0 Å². The number of nitrogens with zero attached hydrogens (tertiary/aromatic N) is 2. The lowest BCUT2D eigenvalue weighted by atomic mass is 10.6. The summed E-state index contributed by atoms with van der Waals surface area (Å²) >= 11 is 0. The van der Waals surface area contributed by atoms with Gasteiger partial charge < -0.3 is 10.3 Å². The number of hydrogen-bond acceptors (Lipinski definition) is 1. The van der Waals surface area contributed by atoms with E-state index in [1.807, 2.05) is 0 Å². The molecule has 0 unspecified atom stereocenters. The predicted octanol–water partition coefficient (Wildman–Crippen LogP) is 0.512. The minimum atomic E-state index is 0.167. The monoisotopic (exact) mass is 100 g/mol. The fraction of sp³-hybridized carbons (Fsp3) is 0.500. The molecule has 40 valence electrons. The Morgan fingerprint density at radius 1 is 1.71 bits per heavy atom. The molecule has 0 heterocycles.